The Balaban J connectivity index is 1.90. The zero-order valence-corrected chi connectivity index (χ0v) is 13.2. The maximum Gasteiger partial charge on any atom is 0.313 e. The predicted molar refractivity (Wildman–Crippen MR) is 87.8 cm³/mol. The van der Waals surface area contributed by atoms with Gasteiger partial charge in [-0.2, -0.15) is 0 Å². The molecule has 0 heterocycles. The fourth-order valence-corrected chi connectivity index (χ4v) is 2.00. The Labute approximate surface area is 134 Å². The molecule has 0 aliphatic heterocycles. The van der Waals surface area contributed by atoms with E-state index in [2.05, 4.69) is 10.6 Å². The zero-order chi connectivity index (χ0) is 16.1. The van der Waals surface area contributed by atoms with E-state index in [-0.39, 0.29) is 6.54 Å². The molecule has 0 saturated carbocycles. The van der Waals surface area contributed by atoms with Crippen LogP contribution in [0.25, 0.3) is 0 Å². The predicted octanol–water partition coefficient (Wildman–Crippen LogP) is 3.21. The summed E-state index contributed by atoms with van der Waals surface area (Å²) >= 11 is 5.79. The van der Waals surface area contributed by atoms with E-state index in [0.29, 0.717) is 10.7 Å². The molecule has 0 bridgehead atoms. The Morgan fingerprint density at radius 1 is 0.955 bits per heavy atom. The van der Waals surface area contributed by atoms with Crippen LogP contribution in [-0.2, 0) is 16.1 Å². The lowest BCUT2D eigenvalue weighted by Crippen LogP contribution is -2.34. The number of carbonyl (C=O) groups is 2. The van der Waals surface area contributed by atoms with Crippen LogP contribution in [0.15, 0.2) is 42.5 Å². The van der Waals surface area contributed by atoms with Crippen molar-refractivity contribution in [2.24, 2.45) is 0 Å². The van der Waals surface area contributed by atoms with Crippen molar-refractivity contribution in [3.63, 3.8) is 0 Å². The van der Waals surface area contributed by atoms with Gasteiger partial charge in [-0.3, -0.25) is 9.59 Å². The van der Waals surface area contributed by atoms with Crippen LogP contribution in [0.2, 0.25) is 5.02 Å². The van der Waals surface area contributed by atoms with Crippen molar-refractivity contribution in [3.05, 3.63) is 64.2 Å². The van der Waals surface area contributed by atoms with Gasteiger partial charge in [0.25, 0.3) is 0 Å². The van der Waals surface area contributed by atoms with Crippen molar-refractivity contribution in [2.45, 2.75) is 20.4 Å². The van der Waals surface area contributed by atoms with E-state index in [0.717, 1.165) is 16.7 Å². The summed E-state index contributed by atoms with van der Waals surface area (Å²) in [6, 6.07) is 12.6. The molecule has 0 spiro atoms. The number of aryl methyl sites for hydroxylation is 2. The van der Waals surface area contributed by atoms with Gasteiger partial charge in [-0.1, -0.05) is 29.8 Å². The second-order valence-electron chi connectivity index (χ2n) is 5.06. The second kappa shape index (κ2) is 7.09. The van der Waals surface area contributed by atoms with Crippen LogP contribution < -0.4 is 10.6 Å². The van der Waals surface area contributed by atoms with E-state index < -0.39 is 11.8 Å². The lowest BCUT2D eigenvalue weighted by atomic mass is 10.1. The number of carbonyl (C=O) groups excluding carboxylic acids is 2. The molecule has 2 aromatic rings. The first-order chi connectivity index (χ1) is 10.5. The van der Waals surface area contributed by atoms with Crippen LogP contribution in [0.5, 0.6) is 0 Å². The lowest BCUT2D eigenvalue weighted by Gasteiger charge is -2.08. The maximum atomic E-state index is 11.8. The monoisotopic (exact) mass is 316 g/mol. The molecule has 22 heavy (non-hydrogen) atoms. The average Bonchev–Trinajstić information content (AvgIpc) is 2.50. The van der Waals surface area contributed by atoms with Gasteiger partial charge < -0.3 is 10.6 Å². The summed E-state index contributed by atoms with van der Waals surface area (Å²) in [5, 5.41) is 5.78. The number of benzene rings is 2. The van der Waals surface area contributed by atoms with Gasteiger partial charge in [0, 0.05) is 17.3 Å². The molecule has 0 saturated heterocycles. The van der Waals surface area contributed by atoms with Crippen LogP contribution >= 0.6 is 11.6 Å². The van der Waals surface area contributed by atoms with Crippen molar-refractivity contribution < 1.29 is 9.59 Å². The van der Waals surface area contributed by atoms with Gasteiger partial charge in [0.05, 0.1) is 0 Å². The first kappa shape index (κ1) is 16.0. The number of halogens is 1. The highest BCUT2D eigenvalue weighted by Gasteiger charge is 2.13. The van der Waals surface area contributed by atoms with E-state index in [1.807, 2.05) is 26.0 Å². The Bertz CT molecular complexity index is 696. The number of nitrogens with one attached hydrogen (secondary N) is 2. The fraction of sp³-hybridized carbons (Fsp3) is 0.176. The number of hydrogen-bond acceptors (Lipinski definition) is 2. The van der Waals surface area contributed by atoms with Crippen molar-refractivity contribution in [1.29, 1.82) is 0 Å². The Kier molecular flexibility index (Phi) is 5.17. The fourth-order valence-electron chi connectivity index (χ4n) is 1.87. The summed E-state index contributed by atoms with van der Waals surface area (Å²) in [4.78, 5) is 23.6. The van der Waals surface area contributed by atoms with Crippen molar-refractivity contribution in [3.8, 4) is 0 Å². The summed E-state index contributed by atoms with van der Waals surface area (Å²) in [5.74, 6) is -1.36. The molecule has 0 aliphatic carbocycles. The average molecular weight is 317 g/mol. The minimum Gasteiger partial charge on any atom is -0.344 e. The Morgan fingerprint density at radius 2 is 1.64 bits per heavy atom. The molecule has 2 amide bonds. The Morgan fingerprint density at radius 3 is 2.27 bits per heavy atom. The lowest BCUT2D eigenvalue weighted by molar-refractivity contribution is -0.136. The van der Waals surface area contributed by atoms with Gasteiger partial charge in [0.1, 0.15) is 0 Å². The van der Waals surface area contributed by atoms with Crippen LogP contribution in [0, 0.1) is 13.8 Å². The van der Waals surface area contributed by atoms with Gasteiger partial charge in [-0.25, -0.2) is 0 Å². The minimum atomic E-state index is -0.683. The summed E-state index contributed by atoms with van der Waals surface area (Å²) in [6.45, 7) is 4.21. The van der Waals surface area contributed by atoms with Crippen molar-refractivity contribution >= 4 is 29.1 Å². The largest absolute Gasteiger partial charge is 0.344 e. The van der Waals surface area contributed by atoms with Gasteiger partial charge in [0.2, 0.25) is 0 Å². The van der Waals surface area contributed by atoms with Crippen molar-refractivity contribution in [2.75, 3.05) is 5.32 Å². The van der Waals surface area contributed by atoms with E-state index in [9.17, 15) is 9.59 Å². The SMILES string of the molecule is Cc1ccc(NC(=O)C(=O)NCc2ccc(Cl)cc2)cc1C. The first-order valence-corrected chi connectivity index (χ1v) is 7.24. The van der Waals surface area contributed by atoms with E-state index >= 15 is 0 Å². The van der Waals surface area contributed by atoms with Crippen LogP contribution in [0.3, 0.4) is 0 Å². The molecule has 0 aliphatic rings. The van der Waals surface area contributed by atoms with Gasteiger partial charge in [-0.05, 0) is 54.8 Å². The van der Waals surface area contributed by atoms with Crippen LogP contribution in [0.1, 0.15) is 16.7 Å². The normalized spacial score (nSPS) is 10.1. The topological polar surface area (TPSA) is 58.2 Å². The second-order valence-corrected chi connectivity index (χ2v) is 5.50. The molecule has 2 N–H and O–H groups in total. The molecule has 2 aromatic carbocycles. The molecule has 4 nitrogen and oxygen atoms in total. The van der Waals surface area contributed by atoms with Gasteiger partial charge >= 0.3 is 11.8 Å². The third-order valence-corrected chi connectivity index (χ3v) is 3.59. The summed E-state index contributed by atoms with van der Waals surface area (Å²) < 4.78 is 0. The number of hydrogen-bond donors (Lipinski definition) is 2. The molecular weight excluding hydrogens is 300 g/mol. The highest BCUT2D eigenvalue weighted by atomic mass is 35.5. The number of rotatable bonds is 3. The molecule has 0 radical (unpaired) electrons. The summed E-state index contributed by atoms with van der Waals surface area (Å²) in [7, 11) is 0. The summed E-state index contributed by atoms with van der Waals surface area (Å²) in [5.41, 5.74) is 3.66. The maximum absolute atomic E-state index is 11.8. The molecule has 0 unspecified atom stereocenters. The smallest absolute Gasteiger partial charge is 0.313 e. The third-order valence-electron chi connectivity index (χ3n) is 3.34. The van der Waals surface area contributed by atoms with E-state index in [1.165, 1.54) is 0 Å². The summed E-state index contributed by atoms with van der Waals surface area (Å²) in [6.07, 6.45) is 0. The van der Waals surface area contributed by atoms with E-state index in [4.69, 9.17) is 11.6 Å². The highest BCUT2D eigenvalue weighted by Crippen LogP contribution is 2.14. The third kappa shape index (κ3) is 4.33. The molecule has 5 heteroatoms. The van der Waals surface area contributed by atoms with Crippen molar-refractivity contribution in [1.82, 2.24) is 5.32 Å². The number of anilines is 1. The van der Waals surface area contributed by atoms with E-state index in [1.54, 1.807) is 30.3 Å². The number of amides is 2. The zero-order valence-electron chi connectivity index (χ0n) is 12.4. The molecule has 114 valence electrons. The van der Waals surface area contributed by atoms with Crippen LogP contribution in [-0.4, -0.2) is 11.8 Å². The standard InChI is InChI=1S/C17H17ClN2O2/c1-11-3-8-15(9-12(11)2)20-17(22)16(21)19-10-13-4-6-14(18)7-5-13/h3-9H,10H2,1-2H3,(H,19,21)(H,20,22). The molecule has 0 aromatic heterocycles. The first-order valence-electron chi connectivity index (χ1n) is 6.86. The highest BCUT2D eigenvalue weighted by molar-refractivity contribution is 6.39. The molecule has 0 fully saturated rings. The molecule has 2 rings (SSSR count). The molecular formula is C17H17ClN2O2. The van der Waals surface area contributed by atoms with Crippen LogP contribution in [0.4, 0.5) is 5.69 Å². The van der Waals surface area contributed by atoms with Gasteiger partial charge in [-0.15, -0.1) is 0 Å². The molecule has 0 atom stereocenters. The Hall–Kier alpha value is -2.33. The minimum absolute atomic E-state index is 0.274. The quantitative estimate of drug-likeness (QED) is 0.854. The van der Waals surface area contributed by atoms with Gasteiger partial charge in [0.15, 0.2) is 0 Å².